The second kappa shape index (κ2) is 9.52. The third kappa shape index (κ3) is 5.71. The van der Waals surface area contributed by atoms with Crippen LogP contribution < -0.4 is 10.6 Å². The fraction of sp³-hybridized carbons (Fsp3) is 0.450. The van der Waals surface area contributed by atoms with E-state index < -0.39 is 0 Å². The molecule has 0 saturated carbocycles. The molecule has 1 saturated heterocycles. The molecular weight excluding hydrogens is 296 g/mol. The van der Waals surface area contributed by atoms with Crippen molar-refractivity contribution in [3.8, 4) is 0 Å². The molecule has 1 aliphatic heterocycles. The first kappa shape index (κ1) is 17.1. The zero-order valence-electron chi connectivity index (χ0n) is 14.4. The van der Waals surface area contributed by atoms with Crippen LogP contribution in [0.1, 0.15) is 23.2 Å². The van der Waals surface area contributed by atoms with Gasteiger partial charge in [-0.05, 0) is 55.7 Å². The summed E-state index contributed by atoms with van der Waals surface area (Å²) in [6, 6.07) is 15.1. The number of hydrogen-bond acceptors (Lipinski definition) is 4. The fourth-order valence-corrected chi connectivity index (χ4v) is 3.15. The maximum absolute atomic E-state index is 4.34. The molecule has 2 heterocycles. The smallest absolute Gasteiger partial charge is 0.0541 e. The van der Waals surface area contributed by atoms with Crippen LogP contribution in [0.15, 0.2) is 48.7 Å². The molecule has 0 atom stereocenters. The summed E-state index contributed by atoms with van der Waals surface area (Å²) in [6.07, 6.45) is 4.15. The minimum atomic E-state index is 0.835. The first-order valence-electron chi connectivity index (χ1n) is 9.02. The highest BCUT2D eigenvalue weighted by molar-refractivity contribution is 5.23. The summed E-state index contributed by atoms with van der Waals surface area (Å²) in [5, 5.41) is 6.95. The predicted octanol–water partition coefficient (Wildman–Crippen LogP) is 2.21. The number of nitrogens with zero attached hydrogens (tertiary/aromatic N) is 2. The Bertz CT molecular complexity index is 592. The lowest BCUT2D eigenvalue weighted by atomic mass is 10.1. The van der Waals surface area contributed by atoms with E-state index in [1.165, 1.54) is 24.1 Å². The SMILES string of the molecule is c1ccc(CNCCc2cccc(CN3CCCNCC3)c2)nc1. The number of rotatable bonds is 7. The quantitative estimate of drug-likeness (QED) is 0.766. The highest BCUT2D eigenvalue weighted by Gasteiger charge is 2.09. The van der Waals surface area contributed by atoms with Crippen LogP contribution in [0.3, 0.4) is 0 Å². The van der Waals surface area contributed by atoms with Crippen LogP contribution in [0.5, 0.6) is 0 Å². The summed E-state index contributed by atoms with van der Waals surface area (Å²) < 4.78 is 0. The third-order valence-corrected chi connectivity index (χ3v) is 4.45. The molecule has 24 heavy (non-hydrogen) atoms. The summed E-state index contributed by atoms with van der Waals surface area (Å²) in [6.45, 7) is 7.49. The molecule has 2 aromatic rings. The highest BCUT2D eigenvalue weighted by Crippen LogP contribution is 2.10. The van der Waals surface area contributed by atoms with Crippen LogP contribution in [0, 0.1) is 0 Å². The monoisotopic (exact) mass is 324 g/mol. The Labute approximate surface area is 145 Å². The first-order chi connectivity index (χ1) is 11.9. The van der Waals surface area contributed by atoms with Crippen LogP contribution >= 0.6 is 0 Å². The van der Waals surface area contributed by atoms with Gasteiger partial charge in [0.05, 0.1) is 5.69 Å². The number of aromatic nitrogens is 1. The highest BCUT2D eigenvalue weighted by atomic mass is 15.1. The lowest BCUT2D eigenvalue weighted by Gasteiger charge is -2.19. The molecule has 4 nitrogen and oxygen atoms in total. The number of hydrogen-bond donors (Lipinski definition) is 2. The van der Waals surface area contributed by atoms with Gasteiger partial charge in [-0.15, -0.1) is 0 Å². The summed E-state index contributed by atoms with van der Waals surface area (Å²) in [4.78, 5) is 6.89. The molecule has 1 aromatic heterocycles. The molecule has 1 fully saturated rings. The average Bonchev–Trinajstić information content (AvgIpc) is 2.89. The predicted molar refractivity (Wildman–Crippen MR) is 98.9 cm³/mol. The normalized spacial score (nSPS) is 16.0. The van der Waals surface area contributed by atoms with E-state index >= 15 is 0 Å². The zero-order chi connectivity index (χ0) is 16.5. The van der Waals surface area contributed by atoms with Gasteiger partial charge in [-0.1, -0.05) is 30.3 Å². The van der Waals surface area contributed by atoms with Crippen LogP contribution in [0.4, 0.5) is 0 Å². The van der Waals surface area contributed by atoms with Gasteiger partial charge in [-0.2, -0.15) is 0 Å². The summed E-state index contributed by atoms with van der Waals surface area (Å²) in [7, 11) is 0. The molecule has 0 aliphatic carbocycles. The molecule has 128 valence electrons. The third-order valence-electron chi connectivity index (χ3n) is 4.45. The number of benzene rings is 1. The summed E-state index contributed by atoms with van der Waals surface area (Å²) in [5.74, 6) is 0. The second-order valence-electron chi connectivity index (χ2n) is 6.45. The average molecular weight is 324 g/mol. The minimum Gasteiger partial charge on any atom is -0.315 e. The molecule has 0 amide bonds. The van der Waals surface area contributed by atoms with Crippen LogP contribution in [-0.2, 0) is 19.5 Å². The number of nitrogens with one attached hydrogen (secondary N) is 2. The van der Waals surface area contributed by atoms with E-state index in [0.717, 1.165) is 51.4 Å². The van der Waals surface area contributed by atoms with Gasteiger partial charge in [0.25, 0.3) is 0 Å². The van der Waals surface area contributed by atoms with Crippen molar-refractivity contribution in [3.63, 3.8) is 0 Å². The first-order valence-corrected chi connectivity index (χ1v) is 9.02. The molecule has 1 aliphatic rings. The van der Waals surface area contributed by atoms with E-state index in [4.69, 9.17) is 0 Å². The molecule has 0 bridgehead atoms. The van der Waals surface area contributed by atoms with Gasteiger partial charge in [0.1, 0.15) is 0 Å². The molecule has 3 rings (SSSR count). The van der Waals surface area contributed by atoms with Gasteiger partial charge in [0.2, 0.25) is 0 Å². The Morgan fingerprint density at radius 3 is 2.92 bits per heavy atom. The lowest BCUT2D eigenvalue weighted by Crippen LogP contribution is -2.27. The van der Waals surface area contributed by atoms with Crippen molar-refractivity contribution < 1.29 is 0 Å². The molecule has 0 unspecified atom stereocenters. The van der Waals surface area contributed by atoms with Crippen molar-refractivity contribution in [3.05, 3.63) is 65.5 Å². The Balaban J connectivity index is 1.44. The maximum Gasteiger partial charge on any atom is 0.0541 e. The van der Waals surface area contributed by atoms with E-state index in [-0.39, 0.29) is 0 Å². The molecule has 0 spiro atoms. The molecular formula is C20H28N4. The molecule has 2 N–H and O–H groups in total. The molecule has 4 heteroatoms. The summed E-state index contributed by atoms with van der Waals surface area (Å²) >= 11 is 0. The van der Waals surface area contributed by atoms with Gasteiger partial charge in [-0.3, -0.25) is 9.88 Å². The zero-order valence-corrected chi connectivity index (χ0v) is 14.4. The maximum atomic E-state index is 4.34. The van der Waals surface area contributed by atoms with E-state index in [0.29, 0.717) is 0 Å². The summed E-state index contributed by atoms with van der Waals surface area (Å²) in [5.41, 5.74) is 3.94. The molecule has 0 radical (unpaired) electrons. The Kier molecular flexibility index (Phi) is 6.78. The Morgan fingerprint density at radius 2 is 2.00 bits per heavy atom. The largest absolute Gasteiger partial charge is 0.315 e. The molecule has 1 aromatic carbocycles. The van der Waals surface area contributed by atoms with Crippen molar-refractivity contribution in [2.45, 2.75) is 25.9 Å². The van der Waals surface area contributed by atoms with E-state index in [1.54, 1.807) is 0 Å². The van der Waals surface area contributed by atoms with Gasteiger partial charge in [-0.25, -0.2) is 0 Å². The lowest BCUT2D eigenvalue weighted by molar-refractivity contribution is 0.284. The van der Waals surface area contributed by atoms with Crippen molar-refractivity contribution in [1.82, 2.24) is 20.5 Å². The second-order valence-corrected chi connectivity index (χ2v) is 6.45. The van der Waals surface area contributed by atoms with Crippen LogP contribution in [0.25, 0.3) is 0 Å². The van der Waals surface area contributed by atoms with E-state index in [9.17, 15) is 0 Å². The van der Waals surface area contributed by atoms with Gasteiger partial charge in [0.15, 0.2) is 0 Å². The standard InChI is InChI=1S/C20H28N4/c1-2-10-23-20(7-1)16-22-11-8-18-5-3-6-19(15-18)17-24-13-4-9-21-12-14-24/h1-3,5-7,10,15,21-22H,4,8-9,11-14,16-17H2. The van der Waals surface area contributed by atoms with Crippen molar-refractivity contribution in [2.75, 3.05) is 32.7 Å². The van der Waals surface area contributed by atoms with Crippen molar-refractivity contribution in [1.29, 1.82) is 0 Å². The van der Waals surface area contributed by atoms with Crippen molar-refractivity contribution in [2.24, 2.45) is 0 Å². The minimum absolute atomic E-state index is 0.835. The van der Waals surface area contributed by atoms with Crippen LogP contribution in [0.2, 0.25) is 0 Å². The van der Waals surface area contributed by atoms with Crippen molar-refractivity contribution >= 4 is 0 Å². The fourth-order valence-electron chi connectivity index (χ4n) is 3.15. The van der Waals surface area contributed by atoms with Crippen LogP contribution in [-0.4, -0.2) is 42.6 Å². The Hall–Kier alpha value is -1.75. The number of pyridine rings is 1. The van der Waals surface area contributed by atoms with Gasteiger partial charge in [0, 0.05) is 32.4 Å². The van der Waals surface area contributed by atoms with E-state index in [2.05, 4.69) is 50.8 Å². The van der Waals surface area contributed by atoms with Gasteiger partial charge >= 0.3 is 0 Å². The van der Waals surface area contributed by atoms with E-state index in [1.807, 2.05) is 18.3 Å². The van der Waals surface area contributed by atoms with Gasteiger partial charge < -0.3 is 10.6 Å². The Morgan fingerprint density at radius 1 is 1.04 bits per heavy atom. The topological polar surface area (TPSA) is 40.2 Å².